The van der Waals surface area contributed by atoms with Crippen LogP contribution < -0.4 is 5.73 Å². The van der Waals surface area contributed by atoms with E-state index in [-0.39, 0.29) is 10.2 Å². The largest absolute Gasteiger partial charge is 0.417 e. The van der Waals surface area contributed by atoms with Crippen LogP contribution in [0.2, 0.25) is 0 Å². The van der Waals surface area contributed by atoms with Crippen molar-refractivity contribution in [2.24, 2.45) is 0 Å². The van der Waals surface area contributed by atoms with Crippen molar-refractivity contribution in [3.63, 3.8) is 0 Å². The van der Waals surface area contributed by atoms with E-state index in [1.54, 1.807) is 6.92 Å². The van der Waals surface area contributed by atoms with Gasteiger partial charge in [-0.15, -0.1) is 0 Å². The van der Waals surface area contributed by atoms with Gasteiger partial charge in [0.1, 0.15) is 0 Å². The maximum atomic E-state index is 12.3. The number of halogens is 4. The van der Waals surface area contributed by atoms with Crippen LogP contribution >= 0.6 is 15.9 Å². The normalized spacial score (nSPS) is 11.8. The molecule has 0 amide bonds. The number of alkyl halides is 3. The van der Waals surface area contributed by atoms with Crippen LogP contribution in [-0.4, -0.2) is 0 Å². The summed E-state index contributed by atoms with van der Waals surface area (Å²) in [6.07, 6.45) is -4.36. The highest BCUT2D eigenvalue weighted by atomic mass is 79.9. The second-order valence-electron chi connectivity index (χ2n) is 2.71. The SMILES string of the molecule is Cc1cc(N)c(Br)c(C(F)(F)F)c1. The molecule has 0 aromatic heterocycles. The molecule has 1 aromatic carbocycles. The average Bonchev–Trinajstić information content (AvgIpc) is 1.94. The van der Waals surface area contributed by atoms with E-state index >= 15 is 0 Å². The standard InChI is InChI=1S/C8H7BrF3N/c1-4-2-5(8(10,11)12)7(9)6(13)3-4/h2-3H,13H2,1H3. The molecule has 0 fully saturated rings. The topological polar surface area (TPSA) is 26.0 Å². The van der Waals surface area contributed by atoms with E-state index in [0.717, 1.165) is 6.07 Å². The Hall–Kier alpha value is -0.710. The number of hydrogen-bond donors (Lipinski definition) is 1. The van der Waals surface area contributed by atoms with Crippen LogP contribution in [0.1, 0.15) is 11.1 Å². The molecule has 13 heavy (non-hydrogen) atoms. The Morgan fingerprint density at radius 1 is 1.31 bits per heavy atom. The summed E-state index contributed by atoms with van der Waals surface area (Å²) >= 11 is 2.81. The minimum Gasteiger partial charge on any atom is -0.398 e. The Kier molecular flexibility index (Phi) is 2.56. The first kappa shape index (κ1) is 10.4. The highest BCUT2D eigenvalue weighted by Gasteiger charge is 2.33. The lowest BCUT2D eigenvalue weighted by Gasteiger charge is -2.11. The van der Waals surface area contributed by atoms with Gasteiger partial charge in [-0.1, -0.05) is 0 Å². The average molecular weight is 254 g/mol. The lowest BCUT2D eigenvalue weighted by atomic mass is 10.1. The fraction of sp³-hybridized carbons (Fsp3) is 0.250. The fourth-order valence-electron chi connectivity index (χ4n) is 1.00. The summed E-state index contributed by atoms with van der Waals surface area (Å²) in [4.78, 5) is 0. The first-order chi connectivity index (χ1) is 5.82. The Morgan fingerprint density at radius 3 is 2.31 bits per heavy atom. The molecule has 0 saturated heterocycles. The molecular formula is C8H7BrF3N. The molecule has 0 spiro atoms. The van der Waals surface area contributed by atoms with E-state index in [2.05, 4.69) is 15.9 Å². The van der Waals surface area contributed by atoms with Gasteiger partial charge in [0.2, 0.25) is 0 Å². The number of aryl methyl sites for hydroxylation is 1. The Labute approximate surface area is 81.9 Å². The van der Waals surface area contributed by atoms with Gasteiger partial charge in [0.25, 0.3) is 0 Å². The van der Waals surface area contributed by atoms with Crippen LogP contribution in [-0.2, 0) is 6.18 Å². The molecule has 5 heteroatoms. The highest BCUT2D eigenvalue weighted by molar-refractivity contribution is 9.10. The molecule has 0 saturated carbocycles. The molecule has 1 aromatic rings. The van der Waals surface area contributed by atoms with Crippen LogP contribution in [0.15, 0.2) is 16.6 Å². The first-order valence-corrected chi connectivity index (χ1v) is 4.24. The summed E-state index contributed by atoms with van der Waals surface area (Å²) in [6, 6.07) is 2.54. The lowest BCUT2D eigenvalue weighted by molar-refractivity contribution is -0.138. The van der Waals surface area contributed by atoms with Gasteiger partial charge in [0.15, 0.2) is 0 Å². The maximum Gasteiger partial charge on any atom is 0.417 e. The smallest absolute Gasteiger partial charge is 0.398 e. The monoisotopic (exact) mass is 253 g/mol. The van der Waals surface area contributed by atoms with Crippen molar-refractivity contribution >= 4 is 21.6 Å². The summed E-state index contributed by atoms with van der Waals surface area (Å²) in [5.74, 6) is 0. The van der Waals surface area contributed by atoms with Gasteiger partial charge < -0.3 is 5.73 Å². The molecule has 1 rings (SSSR count). The van der Waals surface area contributed by atoms with Crippen LogP contribution in [0, 0.1) is 6.92 Å². The zero-order valence-corrected chi connectivity index (χ0v) is 8.33. The Morgan fingerprint density at radius 2 is 1.85 bits per heavy atom. The fourth-order valence-corrected chi connectivity index (χ4v) is 1.46. The van der Waals surface area contributed by atoms with E-state index in [1.165, 1.54) is 6.07 Å². The summed E-state index contributed by atoms with van der Waals surface area (Å²) in [6.45, 7) is 1.57. The molecule has 2 N–H and O–H groups in total. The summed E-state index contributed by atoms with van der Waals surface area (Å²) in [5, 5.41) is 0. The van der Waals surface area contributed by atoms with Crippen LogP contribution in [0.25, 0.3) is 0 Å². The molecule has 1 nitrogen and oxygen atoms in total. The number of anilines is 1. The number of rotatable bonds is 0. The minimum atomic E-state index is -4.36. The van der Waals surface area contributed by atoms with Gasteiger partial charge in [-0.3, -0.25) is 0 Å². The van der Waals surface area contributed by atoms with Gasteiger partial charge in [-0.2, -0.15) is 13.2 Å². The molecule has 0 aliphatic heterocycles. The summed E-state index contributed by atoms with van der Waals surface area (Å²) in [5.41, 5.74) is 5.24. The number of hydrogen-bond acceptors (Lipinski definition) is 1. The van der Waals surface area contributed by atoms with Crippen molar-refractivity contribution in [1.29, 1.82) is 0 Å². The predicted molar refractivity (Wildman–Crippen MR) is 48.3 cm³/mol. The molecule has 72 valence electrons. The van der Waals surface area contributed by atoms with E-state index in [1.807, 2.05) is 0 Å². The minimum absolute atomic E-state index is 0.0920. The lowest BCUT2D eigenvalue weighted by Crippen LogP contribution is -2.08. The van der Waals surface area contributed by atoms with Crippen LogP contribution in [0.3, 0.4) is 0 Å². The van der Waals surface area contributed by atoms with Crippen molar-refractivity contribution in [3.05, 3.63) is 27.7 Å². The second kappa shape index (κ2) is 3.21. The molecule has 0 bridgehead atoms. The molecule has 0 heterocycles. The first-order valence-electron chi connectivity index (χ1n) is 3.45. The van der Waals surface area contributed by atoms with E-state index < -0.39 is 11.7 Å². The number of nitrogen functional groups attached to an aromatic ring is 1. The van der Waals surface area contributed by atoms with Crippen molar-refractivity contribution in [2.45, 2.75) is 13.1 Å². The second-order valence-corrected chi connectivity index (χ2v) is 3.51. The zero-order chi connectivity index (χ0) is 10.2. The third-order valence-corrected chi connectivity index (χ3v) is 2.44. The quantitative estimate of drug-likeness (QED) is 0.706. The summed E-state index contributed by atoms with van der Waals surface area (Å²) in [7, 11) is 0. The predicted octanol–water partition coefficient (Wildman–Crippen LogP) is 3.36. The van der Waals surface area contributed by atoms with Crippen LogP contribution in [0.5, 0.6) is 0 Å². The van der Waals surface area contributed by atoms with Gasteiger partial charge in [0, 0.05) is 5.69 Å². The van der Waals surface area contributed by atoms with Crippen molar-refractivity contribution < 1.29 is 13.2 Å². The number of benzene rings is 1. The van der Waals surface area contributed by atoms with Gasteiger partial charge in [-0.25, -0.2) is 0 Å². The zero-order valence-electron chi connectivity index (χ0n) is 6.74. The Balaban J connectivity index is 3.37. The van der Waals surface area contributed by atoms with Gasteiger partial charge in [-0.05, 0) is 40.5 Å². The third-order valence-electron chi connectivity index (χ3n) is 1.55. The van der Waals surface area contributed by atoms with Crippen molar-refractivity contribution in [2.75, 3.05) is 5.73 Å². The Bertz CT molecular complexity index is 333. The molecule has 0 aliphatic rings. The molecule has 0 atom stereocenters. The summed E-state index contributed by atoms with van der Waals surface area (Å²) < 4.78 is 36.9. The van der Waals surface area contributed by atoms with E-state index in [4.69, 9.17) is 5.73 Å². The molecule has 0 radical (unpaired) electrons. The van der Waals surface area contributed by atoms with E-state index in [0.29, 0.717) is 5.56 Å². The van der Waals surface area contributed by atoms with Crippen molar-refractivity contribution in [3.8, 4) is 0 Å². The molecule has 0 aliphatic carbocycles. The third kappa shape index (κ3) is 2.15. The molecule has 0 unspecified atom stereocenters. The number of nitrogens with two attached hydrogens (primary N) is 1. The maximum absolute atomic E-state index is 12.3. The van der Waals surface area contributed by atoms with Gasteiger partial charge in [0.05, 0.1) is 10.0 Å². The van der Waals surface area contributed by atoms with Gasteiger partial charge >= 0.3 is 6.18 Å². The highest BCUT2D eigenvalue weighted by Crippen LogP contribution is 2.38. The van der Waals surface area contributed by atoms with E-state index in [9.17, 15) is 13.2 Å². The van der Waals surface area contributed by atoms with Crippen LogP contribution in [0.4, 0.5) is 18.9 Å². The molecular weight excluding hydrogens is 247 g/mol. The van der Waals surface area contributed by atoms with Crippen molar-refractivity contribution in [1.82, 2.24) is 0 Å².